The number of rotatable bonds is 4. The molecule has 0 spiro atoms. The van der Waals surface area contributed by atoms with Crippen molar-refractivity contribution >= 4 is 17.2 Å². The Morgan fingerprint density at radius 1 is 1.43 bits per heavy atom. The SMILES string of the molecule is Cc1ncsc1-c1ccc(CC2CNC(C(N)=O)C2)cc1. The lowest BCUT2D eigenvalue weighted by Crippen LogP contribution is -2.36. The van der Waals surface area contributed by atoms with Gasteiger partial charge < -0.3 is 11.1 Å². The van der Waals surface area contributed by atoms with Crippen LogP contribution >= 0.6 is 11.3 Å². The van der Waals surface area contributed by atoms with Gasteiger partial charge in [0.15, 0.2) is 0 Å². The lowest BCUT2D eigenvalue weighted by molar-refractivity contribution is -0.119. The van der Waals surface area contributed by atoms with E-state index in [0.29, 0.717) is 5.92 Å². The summed E-state index contributed by atoms with van der Waals surface area (Å²) in [7, 11) is 0. The van der Waals surface area contributed by atoms with Crippen LogP contribution in [0, 0.1) is 12.8 Å². The minimum Gasteiger partial charge on any atom is -0.368 e. The van der Waals surface area contributed by atoms with Crippen molar-refractivity contribution in [2.75, 3.05) is 6.54 Å². The van der Waals surface area contributed by atoms with Crippen LogP contribution in [0.3, 0.4) is 0 Å². The first-order valence-electron chi connectivity index (χ1n) is 7.15. The number of hydrogen-bond acceptors (Lipinski definition) is 4. The summed E-state index contributed by atoms with van der Waals surface area (Å²) >= 11 is 1.67. The van der Waals surface area contributed by atoms with Crippen LogP contribution in [0.2, 0.25) is 0 Å². The Bertz CT molecular complexity index is 635. The lowest BCUT2D eigenvalue weighted by Gasteiger charge is -2.09. The van der Waals surface area contributed by atoms with Crippen molar-refractivity contribution in [1.82, 2.24) is 10.3 Å². The smallest absolute Gasteiger partial charge is 0.234 e. The minimum atomic E-state index is -0.242. The summed E-state index contributed by atoms with van der Waals surface area (Å²) in [6.45, 7) is 2.90. The molecule has 0 bridgehead atoms. The summed E-state index contributed by atoms with van der Waals surface area (Å²) in [5.41, 5.74) is 10.8. The van der Waals surface area contributed by atoms with Gasteiger partial charge in [-0.3, -0.25) is 4.79 Å². The van der Waals surface area contributed by atoms with Crippen LogP contribution in [0.4, 0.5) is 0 Å². The number of amides is 1. The number of benzene rings is 1. The summed E-state index contributed by atoms with van der Waals surface area (Å²) in [6.07, 6.45) is 1.82. The zero-order valence-electron chi connectivity index (χ0n) is 12.0. The number of thiazole rings is 1. The molecule has 2 unspecified atom stereocenters. The number of primary amides is 1. The fraction of sp³-hybridized carbons (Fsp3) is 0.375. The molecule has 2 heterocycles. The van der Waals surface area contributed by atoms with Gasteiger partial charge in [0.25, 0.3) is 0 Å². The molecule has 1 saturated heterocycles. The molecule has 1 aliphatic rings. The van der Waals surface area contributed by atoms with Gasteiger partial charge in [-0.25, -0.2) is 4.98 Å². The second-order valence-corrected chi connectivity index (χ2v) is 6.49. The highest BCUT2D eigenvalue weighted by molar-refractivity contribution is 7.13. The largest absolute Gasteiger partial charge is 0.368 e. The molecule has 3 N–H and O–H groups in total. The first kappa shape index (κ1) is 14.2. The Balaban J connectivity index is 1.66. The van der Waals surface area contributed by atoms with E-state index in [9.17, 15) is 4.79 Å². The number of carbonyl (C=O) groups excluding carboxylic acids is 1. The third kappa shape index (κ3) is 3.14. The summed E-state index contributed by atoms with van der Waals surface area (Å²) < 4.78 is 0. The van der Waals surface area contributed by atoms with Gasteiger partial charge in [-0.1, -0.05) is 24.3 Å². The maximum absolute atomic E-state index is 11.2. The van der Waals surface area contributed by atoms with E-state index in [1.165, 1.54) is 16.0 Å². The van der Waals surface area contributed by atoms with E-state index in [0.717, 1.165) is 25.1 Å². The molecule has 0 aliphatic carbocycles. The highest BCUT2D eigenvalue weighted by Crippen LogP contribution is 2.28. The summed E-state index contributed by atoms with van der Waals surface area (Å²) in [4.78, 5) is 16.7. The monoisotopic (exact) mass is 301 g/mol. The van der Waals surface area contributed by atoms with Gasteiger partial charge in [0, 0.05) is 0 Å². The van der Waals surface area contributed by atoms with E-state index in [1.807, 2.05) is 12.4 Å². The predicted molar refractivity (Wildman–Crippen MR) is 85.1 cm³/mol. The van der Waals surface area contributed by atoms with Gasteiger partial charge in [0.05, 0.1) is 22.1 Å². The molecule has 0 radical (unpaired) electrons. The van der Waals surface area contributed by atoms with Gasteiger partial charge in [0.2, 0.25) is 5.91 Å². The Hall–Kier alpha value is -1.72. The van der Waals surface area contributed by atoms with Crippen molar-refractivity contribution in [3.63, 3.8) is 0 Å². The molecule has 2 atom stereocenters. The quantitative estimate of drug-likeness (QED) is 0.909. The van der Waals surface area contributed by atoms with Gasteiger partial charge in [0.1, 0.15) is 0 Å². The van der Waals surface area contributed by atoms with Crippen molar-refractivity contribution in [2.24, 2.45) is 11.7 Å². The molecule has 5 heteroatoms. The van der Waals surface area contributed by atoms with E-state index in [2.05, 4.69) is 34.6 Å². The molecule has 4 nitrogen and oxygen atoms in total. The van der Waals surface area contributed by atoms with Crippen LogP contribution in [-0.4, -0.2) is 23.5 Å². The van der Waals surface area contributed by atoms with Crippen molar-refractivity contribution in [3.8, 4) is 10.4 Å². The summed E-state index contributed by atoms with van der Waals surface area (Å²) in [5, 5.41) is 3.19. The molecule has 1 aliphatic heterocycles. The fourth-order valence-electron chi connectivity index (χ4n) is 2.89. The molecule has 21 heavy (non-hydrogen) atoms. The van der Waals surface area contributed by atoms with Gasteiger partial charge >= 0.3 is 0 Å². The van der Waals surface area contributed by atoms with Crippen LogP contribution in [0.5, 0.6) is 0 Å². The highest BCUT2D eigenvalue weighted by atomic mass is 32.1. The molecule has 1 aromatic heterocycles. The molecule has 3 rings (SSSR count). The highest BCUT2D eigenvalue weighted by Gasteiger charge is 2.27. The van der Waals surface area contributed by atoms with Gasteiger partial charge in [-0.2, -0.15) is 0 Å². The maximum atomic E-state index is 11.2. The zero-order valence-corrected chi connectivity index (χ0v) is 12.8. The van der Waals surface area contributed by atoms with Gasteiger partial charge in [-0.15, -0.1) is 11.3 Å². The number of nitrogens with zero attached hydrogens (tertiary/aromatic N) is 1. The van der Waals surface area contributed by atoms with E-state index >= 15 is 0 Å². The first-order chi connectivity index (χ1) is 10.1. The Labute approximate surface area is 128 Å². The molecule has 2 aromatic rings. The fourth-order valence-corrected chi connectivity index (χ4v) is 3.70. The van der Waals surface area contributed by atoms with Crippen LogP contribution < -0.4 is 11.1 Å². The number of nitrogens with two attached hydrogens (primary N) is 1. The van der Waals surface area contributed by atoms with Crippen LogP contribution in [0.15, 0.2) is 29.8 Å². The van der Waals surface area contributed by atoms with E-state index in [1.54, 1.807) is 11.3 Å². The number of carbonyl (C=O) groups is 1. The Morgan fingerprint density at radius 3 is 2.76 bits per heavy atom. The Kier molecular flexibility index (Phi) is 4.03. The van der Waals surface area contributed by atoms with Crippen LogP contribution in [-0.2, 0) is 11.2 Å². The maximum Gasteiger partial charge on any atom is 0.234 e. The van der Waals surface area contributed by atoms with Crippen molar-refractivity contribution in [3.05, 3.63) is 41.0 Å². The third-order valence-corrected chi connectivity index (χ3v) is 5.03. The molecular formula is C16H19N3OS. The van der Waals surface area contributed by atoms with Crippen molar-refractivity contribution in [2.45, 2.75) is 25.8 Å². The average Bonchev–Trinajstić information content (AvgIpc) is 3.09. The molecular weight excluding hydrogens is 282 g/mol. The first-order valence-corrected chi connectivity index (χ1v) is 8.03. The minimum absolute atomic E-state index is 0.158. The number of nitrogens with one attached hydrogen (secondary N) is 1. The summed E-state index contributed by atoms with van der Waals surface area (Å²) in [5.74, 6) is 0.243. The van der Waals surface area contributed by atoms with E-state index in [-0.39, 0.29) is 11.9 Å². The summed E-state index contributed by atoms with van der Waals surface area (Å²) in [6, 6.07) is 8.50. The molecule has 1 aromatic carbocycles. The van der Waals surface area contributed by atoms with Crippen LogP contribution in [0.1, 0.15) is 17.7 Å². The number of aromatic nitrogens is 1. The van der Waals surface area contributed by atoms with Crippen molar-refractivity contribution in [1.29, 1.82) is 0 Å². The average molecular weight is 301 g/mol. The van der Waals surface area contributed by atoms with E-state index < -0.39 is 0 Å². The second-order valence-electron chi connectivity index (χ2n) is 5.63. The number of hydrogen-bond donors (Lipinski definition) is 2. The van der Waals surface area contributed by atoms with E-state index in [4.69, 9.17) is 5.73 Å². The van der Waals surface area contributed by atoms with Gasteiger partial charge in [-0.05, 0) is 43.4 Å². The van der Waals surface area contributed by atoms with Crippen LogP contribution in [0.25, 0.3) is 10.4 Å². The second kappa shape index (κ2) is 5.95. The number of aryl methyl sites for hydroxylation is 1. The van der Waals surface area contributed by atoms with Crippen molar-refractivity contribution < 1.29 is 4.79 Å². The predicted octanol–water partition coefficient (Wildman–Crippen LogP) is 2.12. The third-order valence-electron chi connectivity index (χ3n) is 4.05. The molecule has 110 valence electrons. The molecule has 1 amide bonds. The lowest BCUT2D eigenvalue weighted by atomic mass is 9.96. The topological polar surface area (TPSA) is 68.0 Å². The molecule has 1 fully saturated rings. The Morgan fingerprint density at radius 2 is 2.19 bits per heavy atom. The molecule has 0 saturated carbocycles. The zero-order chi connectivity index (χ0) is 14.8. The normalized spacial score (nSPS) is 21.6. The standard InChI is InChI=1S/C16H19N3OS/c1-10-15(21-9-19-10)13-4-2-11(3-5-13)6-12-7-14(16(17)20)18-8-12/h2-5,9,12,14,18H,6-8H2,1H3,(H2,17,20).